The Morgan fingerprint density at radius 3 is 2.48 bits per heavy atom. The third-order valence-electron chi connectivity index (χ3n) is 6.50. The Bertz CT molecular complexity index is 672. The summed E-state index contributed by atoms with van der Waals surface area (Å²) in [6, 6.07) is 0.155. The number of nitrogens with one attached hydrogen (secondary N) is 3. The SMILES string of the molecule is CN=C(NCCS(=O)(=O)NCC1CCC1)NC1CCN(C(=O)C2CCCCC2)C1. The molecule has 1 heterocycles. The molecule has 3 rings (SSSR count). The molecule has 166 valence electrons. The third kappa shape index (κ3) is 6.84. The van der Waals surface area contributed by atoms with Gasteiger partial charge in [-0.25, -0.2) is 13.1 Å². The number of amides is 1. The molecule has 0 aromatic rings. The van der Waals surface area contributed by atoms with Crippen molar-refractivity contribution in [1.82, 2.24) is 20.3 Å². The van der Waals surface area contributed by atoms with Gasteiger partial charge in [0.15, 0.2) is 5.96 Å². The van der Waals surface area contributed by atoms with Crippen molar-refractivity contribution in [2.75, 3.05) is 39.0 Å². The molecule has 9 heteroatoms. The van der Waals surface area contributed by atoms with E-state index >= 15 is 0 Å². The Kier molecular flexibility index (Phi) is 8.17. The summed E-state index contributed by atoms with van der Waals surface area (Å²) >= 11 is 0. The number of aliphatic imine (C=N–C) groups is 1. The highest BCUT2D eigenvalue weighted by molar-refractivity contribution is 7.89. The number of carbonyl (C=O) groups is 1. The first-order valence-corrected chi connectivity index (χ1v) is 12.9. The van der Waals surface area contributed by atoms with Gasteiger partial charge in [-0.2, -0.15) is 0 Å². The number of likely N-dealkylation sites (tertiary alicyclic amines) is 1. The molecule has 1 aliphatic heterocycles. The third-order valence-corrected chi connectivity index (χ3v) is 7.85. The van der Waals surface area contributed by atoms with E-state index in [0.29, 0.717) is 37.4 Å². The lowest BCUT2D eigenvalue weighted by Gasteiger charge is -2.26. The second kappa shape index (κ2) is 10.6. The molecule has 1 saturated heterocycles. The molecular weight excluding hydrogens is 390 g/mol. The maximum absolute atomic E-state index is 12.7. The van der Waals surface area contributed by atoms with Crippen molar-refractivity contribution in [2.45, 2.75) is 63.8 Å². The van der Waals surface area contributed by atoms with E-state index in [2.05, 4.69) is 20.3 Å². The van der Waals surface area contributed by atoms with Crippen LogP contribution < -0.4 is 15.4 Å². The second-order valence-electron chi connectivity index (χ2n) is 8.71. The number of sulfonamides is 1. The van der Waals surface area contributed by atoms with Crippen molar-refractivity contribution in [3.63, 3.8) is 0 Å². The zero-order valence-electron chi connectivity index (χ0n) is 17.7. The van der Waals surface area contributed by atoms with Gasteiger partial charge in [0.1, 0.15) is 0 Å². The first-order chi connectivity index (χ1) is 14.0. The highest BCUT2D eigenvalue weighted by atomic mass is 32.2. The number of hydrogen-bond acceptors (Lipinski definition) is 4. The molecule has 29 heavy (non-hydrogen) atoms. The Balaban J connectivity index is 1.36. The predicted octanol–water partition coefficient (Wildman–Crippen LogP) is 1.05. The normalized spacial score (nSPS) is 24.4. The number of nitrogens with zero attached hydrogens (tertiary/aromatic N) is 2. The van der Waals surface area contributed by atoms with Crippen molar-refractivity contribution in [3.05, 3.63) is 0 Å². The van der Waals surface area contributed by atoms with E-state index in [4.69, 9.17) is 0 Å². The number of rotatable bonds is 8. The van der Waals surface area contributed by atoms with Crippen LogP contribution in [0.1, 0.15) is 57.8 Å². The maximum Gasteiger partial charge on any atom is 0.225 e. The van der Waals surface area contributed by atoms with Gasteiger partial charge in [0, 0.05) is 45.2 Å². The molecule has 0 spiro atoms. The van der Waals surface area contributed by atoms with Gasteiger partial charge >= 0.3 is 0 Å². The minimum Gasteiger partial charge on any atom is -0.355 e. The minimum atomic E-state index is -3.26. The predicted molar refractivity (Wildman–Crippen MR) is 115 cm³/mol. The van der Waals surface area contributed by atoms with Crippen LogP contribution in [0.2, 0.25) is 0 Å². The summed E-state index contributed by atoms with van der Waals surface area (Å²) in [4.78, 5) is 18.9. The molecule has 0 aromatic heterocycles. The molecule has 3 N–H and O–H groups in total. The van der Waals surface area contributed by atoms with Crippen molar-refractivity contribution in [2.24, 2.45) is 16.8 Å². The lowest BCUT2D eigenvalue weighted by molar-refractivity contribution is -0.135. The summed E-state index contributed by atoms with van der Waals surface area (Å²) in [5.74, 6) is 1.64. The van der Waals surface area contributed by atoms with Gasteiger partial charge in [0.2, 0.25) is 15.9 Å². The minimum absolute atomic E-state index is 0.0252. The van der Waals surface area contributed by atoms with E-state index in [9.17, 15) is 13.2 Å². The molecule has 8 nitrogen and oxygen atoms in total. The fourth-order valence-corrected chi connectivity index (χ4v) is 5.40. The highest BCUT2D eigenvalue weighted by Crippen LogP contribution is 2.27. The lowest BCUT2D eigenvalue weighted by Crippen LogP contribution is -2.47. The molecule has 3 aliphatic rings. The van der Waals surface area contributed by atoms with E-state index in [1.165, 1.54) is 25.7 Å². The second-order valence-corrected chi connectivity index (χ2v) is 10.6. The van der Waals surface area contributed by atoms with Gasteiger partial charge in [-0.15, -0.1) is 0 Å². The maximum atomic E-state index is 12.7. The smallest absolute Gasteiger partial charge is 0.225 e. The van der Waals surface area contributed by atoms with Gasteiger partial charge in [-0.3, -0.25) is 9.79 Å². The zero-order chi connectivity index (χ0) is 20.7. The topological polar surface area (TPSA) is 103 Å². The van der Waals surface area contributed by atoms with Crippen LogP contribution in [0.3, 0.4) is 0 Å². The molecule has 3 fully saturated rings. The molecule has 2 aliphatic carbocycles. The highest BCUT2D eigenvalue weighted by Gasteiger charge is 2.31. The first kappa shape index (κ1) is 22.3. The van der Waals surface area contributed by atoms with Crippen molar-refractivity contribution in [3.8, 4) is 0 Å². The summed E-state index contributed by atoms with van der Waals surface area (Å²) in [5.41, 5.74) is 0. The van der Waals surface area contributed by atoms with Crippen molar-refractivity contribution < 1.29 is 13.2 Å². The average Bonchev–Trinajstić information content (AvgIpc) is 3.14. The van der Waals surface area contributed by atoms with E-state index < -0.39 is 10.0 Å². The van der Waals surface area contributed by atoms with Crippen LogP contribution in [0.15, 0.2) is 4.99 Å². The number of guanidine groups is 1. The first-order valence-electron chi connectivity index (χ1n) is 11.2. The largest absolute Gasteiger partial charge is 0.355 e. The summed E-state index contributed by atoms with van der Waals surface area (Å²) in [7, 11) is -1.59. The standard InChI is InChI=1S/C20H37N5O3S/c1-21-20(22-11-13-29(27,28)23-14-16-6-5-7-16)24-18-10-12-25(15-18)19(26)17-8-3-2-4-9-17/h16-18,23H,2-15H2,1H3,(H2,21,22,24). The van der Waals surface area contributed by atoms with Gasteiger partial charge in [-0.05, 0) is 38.0 Å². The molecule has 2 saturated carbocycles. The van der Waals surface area contributed by atoms with Crippen LogP contribution in [0.4, 0.5) is 0 Å². The Morgan fingerprint density at radius 2 is 1.83 bits per heavy atom. The summed E-state index contributed by atoms with van der Waals surface area (Å²) in [6.07, 6.45) is 9.99. The Morgan fingerprint density at radius 1 is 1.07 bits per heavy atom. The monoisotopic (exact) mass is 427 g/mol. The van der Waals surface area contributed by atoms with Crippen molar-refractivity contribution >= 4 is 21.9 Å². The summed E-state index contributed by atoms with van der Waals surface area (Å²) < 4.78 is 26.9. The van der Waals surface area contributed by atoms with Crippen LogP contribution in [0.25, 0.3) is 0 Å². The van der Waals surface area contributed by atoms with E-state index in [0.717, 1.165) is 38.6 Å². The van der Waals surface area contributed by atoms with E-state index in [1.807, 2.05) is 4.90 Å². The van der Waals surface area contributed by atoms with Crippen LogP contribution >= 0.6 is 0 Å². The van der Waals surface area contributed by atoms with Crippen LogP contribution in [0.5, 0.6) is 0 Å². The van der Waals surface area contributed by atoms with E-state index in [1.54, 1.807) is 7.05 Å². The fourth-order valence-electron chi connectivity index (χ4n) is 4.39. The van der Waals surface area contributed by atoms with Gasteiger partial charge in [-0.1, -0.05) is 25.7 Å². The zero-order valence-corrected chi connectivity index (χ0v) is 18.5. The number of hydrogen-bond donors (Lipinski definition) is 3. The fraction of sp³-hybridized carbons (Fsp3) is 0.900. The number of carbonyl (C=O) groups excluding carboxylic acids is 1. The Hall–Kier alpha value is -1.35. The molecule has 0 aromatic carbocycles. The van der Waals surface area contributed by atoms with Gasteiger partial charge in [0.05, 0.1) is 5.75 Å². The van der Waals surface area contributed by atoms with Crippen LogP contribution in [-0.4, -0.2) is 70.2 Å². The Labute approximate surface area is 175 Å². The molecule has 1 amide bonds. The van der Waals surface area contributed by atoms with E-state index in [-0.39, 0.29) is 17.7 Å². The molecule has 1 atom stereocenters. The summed E-state index contributed by atoms with van der Waals surface area (Å²) in [5, 5.41) is 6.43. The molecule has 1 unspecified atom stereocenters. The van der Waals surface area contributed by atoms with Crippen LogP contribution in [-0.2, 0) is 14.8 Å². The average molecular weight is 428 g/mol. The molecule has 0 radical (unpaired) electrons. The molecular formula is C20H37N5O3S. The lowest BCUT2D eigenvalue weighted by atomic mass is 9.86. The summed E-state index contributed by atoms with van der Waals surface area (Å²) in [6.45, 7) is 2.33. The van der Waals surface area contributed by atoms with Gasteiger partial charge < -0.3 is 15.5 Å². The quantitative estimate of drug-likeness (QED) is 0.397. The van der Waals surface area contributed by atoms with Crippen LogP contribution in [0, 0.1) is 11.8 Å². The molecule has 0 bridgehead atoms. The van der Waals surface area contributed by atoms with Gasteiger partial charge in [0.25, 0.3) is 0 Å². The van der Waals surface area contributed by atoms with Crippen molar-refractivity contribution in [1.29, 1.82) is 0 Å².